The lowest BCUT2D eigenvalue weighted by Crippen LogP contribution is -2.54. The number of piperidine rings is 1. The van der Waals surface area contributed by atoms with Crippen LogP contribution >= 0.6 is 12.4 Å². The fourth-order valence-electron chi connectivity index (χ4n) is 3.57. The predicted octanol–water partition coefficient (Wildman–Crippen LogP) is 0.167. The van der Waals surface area contributed by atoms with Crippen molar-refractivity contribution in [3.8, 4) is 0 Å². The molecule has 10 nitrogen and oxygen atoms in total. The molecule has 1 saturated heterocycles. The zero-order valence-corrected chi connectivity index (χ0v) is 17.8. The number of halogens is 1. The maximum Gasteiger partial charge on any atom is 0.264 e. The van der Waals surface area contributed by atoms with Crippen LogP contribution in [0.4, 0.5) is 5.69 Å². The molecule has 168 valence electrons. The third-order valence-electron chi connectivity index (χ3n) is 5.11. The van der Waals surface area contributed by atoms with Crippen LogP contribution in [-0.4, -0.2) is 60.1 Å². The lowest BCUT2D eigenvalue weighted by Gasteiger charge is -2.27. The average molecular weight is 452 g/mol. The van der Waals surface area contributed by atoms with Crippen LogP contribution in [0.2, 0.25) is 0 Å². The van der Waals surface area contributed by atoms with Gasteiger partial charge >= 0.3 is 0 Å². The lowest BCUT2D eigenvalue weighted by atomic mass is 10.0. The van der Waals surface area contributed by atoms with E-state index in [1.807, 2.05) is 0 Å². The summed E-state index contributed by atoms with van der Waals surface area (Å²) in [4.78, 5) is 62.2. The molecule has 2 aliphatic rings. The SMILES string of the molecule is Cl.NCCCCCNC(=O)CNc1cccc2c1C(=O)N(C1CCC(=O)NC1=O)C2=O. The summed E-state index contributed by atoms with van der Waals surface area (Å²) in [5.74, 6) is -2.53. The zero-order chi connectivity index (χ0) is 21.7. The first-order chi connectivity index (χ1) is 14.4. The van der Waals surface area contributed by atoms with E-state index in [4.69, 9.17) is 5.73 Å². The molecule has 1 atom stereocenters. The van der Waals surface area contributed by atoms with Gasteiger partial charge in [-0.25, -0.2) is 0 Å². The number of nitrogens with one attached hydrogen (secondary N) is 3. The van der Waals surface area contributed by atoms with Crippen LogP contribution < -0.4 is 21.7 Å². The molecule has 5 N–H and O–H groups in total. The van der Waals surface area contributed by atoms with E-state index in [1.165, 1.54) is 6.07 Å². The zero-order valence-electron chi connectivity index (χ0n) is 16.9. The number of amides is 5. The minimum absolute atomic E-state index is 0. The van der Waals surface area contributed by atoms with Gasteiger partial charge in [0.15, 0.2) is 0 Å². The Morgan fingerprint density at radius 3 is 2.61 bits per heavy atom. The van der Waals surface area contributed by atoms with Gasteiger partial charge in [0.1, 0.15) is 6.04 Å². The topological polar surface area (TPSA) is 151 Å². The van der Waals surface area contributed by atoms with E-state index in [9.17, 15) is 24.0 Å². The van der Waals surface area contributed by atoms with E-state index < -0.39 is 29.7 Å². The molecule has 1 fully saturated rings. The third-order valence-corrected chi connectivity index (χ3v) is 5.11. The quantitative estimate of drug-likeness (QED) is 0.308. The van der Waals surface area contributed by atoms with Crippen molar-refractivity contribution in [3.63, 3.8) is 0 Å². The maximum atomic E-state index is 13.0. The summed E-state index contributed by atoms with van der Waals surface area (Å²) in [6.45, 7) is 1.10. The Bertz CT molecular complexity index is 891. The van der Waals surface area contributed by atoms with Crippen LogP contribution in [-0.2, 0) is 14.4 Å². The van der Waals surface area contributed by atoms with E-state index in [0.29, 0.717) is 18.8 Å². The Kier molecular flexibility index (Phi) is 8.52. The summed E-state index contributed by atoms with van der Waals surface area (Å²) in [5, 5.41) is 7.85. The van der Waals surface area contributed by atoms with Crippen LogP contribution in [0.3, 0.4) is 0 Å². The second-order valence-corrected chi connectivity index (χ2v) is 7.23. The molecule has 1 aromatic carbocycles. The summed E-state index contributed by atoms with van der Waals surface area (Å²) in [5.41, 5.74) is 6.07. The summed E-state index contributed by atoms with van der Waals surface area (Å²) >= 11 is 0. The normalized spacial score (nSPS) is 17.7. The number of unbranched alkanes of at least 4 members (excludes halogenated alkanes) is 2. The van der Waals surface area contributed by atoms with Gasteiger partial charge in [-0.3, -0.25) is 34.2 Å². The summed E-state index contributed by atoms with van der Waals surface area (Å²) in [7, 11) is 0. The van der Waals surface area contributed by atoms with Crippen molar-refractivity contribution >= 4 is 47.6 Å². The van der Waals surface area contributed by atoms with Gasteiger partial charge in [-0.15, -0.1) is 12.4 Å². The summed E-state index contributed by atoms with van der Waals surface area (Å²) < 4.78 is 0. The highest BCUT2D eigenvalue weighted by molar-refractivity contribution is 6.25. The standard InChI is InChI=1S/C20H25N5O5.ClH/c21-9-2-1-3-10-22-16(27)11-23-13-6-4-5-12-17(13)20(30)25(19(12)29)14-7-8-15(26)24-18(14)28;/h4-6,14,23H,1-3,7-11,21H2,(H,22,27)(H,24,26,28);1H. The van der Waals surface area contributed by atoms with Crippen molar-refractivity contribution in [3.05, 3.63) is 29.3 Å². The van der Waals surface area contributed by atoms with Gasteiger partial charge in [0.25, 0.3) is 11.8 Å². The first-order valence-corrected chi connectivity index (χ1v) is 9.99. The molecule has 31 heavy (non-hydrogen) atoms. The maximum absolute atomic E-state index is 13.0. The molecule has 1 unspecified atom stereocenters. The largest absolute Gasteiger partial charge is 0.375 e. The summed E-state index contributed by atoms with van der Waals surface area (Å²) in [6.07, 6.45) is 2.82. The number of carbonyl (C=O) groups is 5. The van der Waals surface area contributed by atoms with Gasteiger partial charge in [-0.1, -0.05) is 12.5 Å². The minimum Gasteiger partial charge on any atom is -0.375 e. The monoisotopic (exact) mass is 451 g/mol. The smallest absolute Gasteiger partial charge is 0.264 e. The van der Waals surface area contributed by atoms with Gasteiger partial charge in [0.05, 0.1) is 17.7 Å². The number of carbonyl (C=O) groups excluding carboxylic acids is 5. The Hall–Kier alpha value is -2.98. The van der Waals surface area contributed by atoms with Crippen molar-refractivity contribution in [1.29, 1.82) is 0 Å². The van der Waals surface area contributed by atoms with E-state index >= 15 is 0 Å². The highest BCUT2D eigenvalue weighted by atomic mass is 35.5. The highest BCUT2D eigenvalue weighted by Gasteiger charge is 2.45. The van der Waals surface area contributed by atoms with Crippen molar-refractivity contribution in [2.45, 2.75) is 38.1 Å². The van der Waals surface area contributed by atoms with Gasteiger partial charge in [-0.2, -0.15) is 0 Å². The molecule has 11 heteroatoms. The lowest BCUT2D eigenvalue weighted by molar-refractivity contribution is -0.136. The second kappa shape index (κ2) is 10.9. The van der Waals surface area contributed by atoms with E-state index in [2.05, 4.69) is 16.0 Å². The highest BCUT2D eigenvalue weighted by Crippen LogP contribution is 2.32. The molecule has 0 aromatic heterocycles. The molecule has 3 rings (SSSR count). The molecule has 0 spiro atoms. The van der Waals surface area contributed by atoms with Crippen LogP contribution in [0.5, 0.6) is 0 Å². The number of imide groups is 2. The number of nitrogens with zero attached hydrogens (tertiary/aromatic N) is 1. The molecule has 0 bridgehead atoms. The first-order valence-electron chi connectivity index (χ1n) is 9.99. The van der Waals surface area contributed by atoms with Gasteiger partial charge in [-0.05, 0) is 37.9 Å². The van der Waals surface area contributed by atoms with E-state index in [-0.39, 0.29) is 48.8 Å². The van der Waals surface area contributed by atoms with Crippen LogP contribution in [0.15, 0.2) is 18.2 Å². The van der Waals surface area contributed by atoms with Crippen LogP contribution in [0.25, 0.3) is 0 Å². The predicted molar refractivity (Wildman–Crippen MR) is 115 cm³/mol. The van der Waals surface area contributed by atoms with E-state index in [1.54, 1.807) is 12.1 Å². The number of nitrogens with two attached hydrogens (primary N) is 1. The molecule has 5 amide bonds. The van der Waals surface area contributed by atoms with Crippen molar-refractivity contribution < 1.29 is 24.0 Å². The second-order valence-electron chi connectivity index (χ2n) is 7.23. The van der Waals surface area contributed by atoms with Crippen LogP contribution in [0, 0.1) is 0 Å². The third kappa shape index (κ3) is 5.39. The molecule has 0 aliphatic carbocycles. The summed E-state index contributed by atoms with van der Waals surface area (Å²) in [6, 6.07) is 3.68. The van der Waals surface area contributed by atoms with Gasteiger partial charge < -0.3 is 16.4 Å². The van der Waals surface area contributed by atoms with Gasteiger partial charge in [0, 0.05) is 18.7 Å². The van der Waals surface area contributed by atoms with Crippen molar-refractivity contribution in [2.24, 2.45) is 5.73 Å². The molecular weight excluding hydrogens is 426 g/mol. The van der Waals surface area contributed by atoms with E-state index in [0.717, 1.165) is 24.2 Å². The Morgan fingerprint density at radius 1 is 1.13 bits per heavy atom. The number of hydrogen-bond acceptors (Lipinski definition) is 7. The minimum atomic E-state index is -1.03. The fraction of sp³-hybridized carbons (Fsp3) is 0.450. The first kappa shape index (κ1) is 24.3. The number of rotatable bonds is 9. The number of benzene rings is 1. The number of hydrogen-bond donors (Lipinski definition) is 4. The average Bonchev–Trinajstić information content (AvgIpc) is 2.97. The molecule has 0 saturated carbocycles. The van der Waals surface area contributed by atoms with Crippen LogP contribution in [0.1, 0.15) is 52.8 Å². The Labute approximate surface area is 185 Å². The molecule has 2 aliphatic heterocycles. The molecule has 0 radical (unpaired) electrons. The fourth-order valence-corrected chi connectivity index (χ4v) is 3.57. The molecular formula is C20H26ClN5O5. The van der Waals surface area contributed by atoms with Gasteiger partial charge in [0.2, 0.25) is 17.7 Å². The van der Waals surface area contributed by atoms with Crippen molar-refractivity contribution in [2.75, 3.05) is 25.0 Å². The molecule has 2 heterocycles. The number of fused-ring (bicyclic) bond motifs is 1. The Balaban J connectivity index is 0.00000341. The number of anilines is 1. The van der Waals surface area contributed by atoms with Crippen molar-refractivity contribution in [1.82, 2.24) is 15.5 Å². The Morgan fingerprint density at radius 2 is 1.90 bits per heavy atom. The molecule has 1 aromatic rings.